The fourth-order valence-corrected chi connectivity index (χ4v) is 3.76. The first-order valence-electron chi connectivity index (χ1n) is 7.84. The average Bonchev–Trinajstić information content (AvgIpc) is 2.93. The molecule has 0 spiro atoms. The molecule has 2 unspecified atom stereocenters. The van der Waals surface area contributed by atoms with Gasteiger partial charge in [0.05, 0.1) is 7.11 Å². The number of hydrogen-bond donors (Lipinski definition) is 1. The van der Waals surface area contributed by atoms with Crippen LogP contribution < -0.4 is 4.74 Å². The van der Waals surface area contributed by atoms with Gasteiger partial charge in [0, 0.05) is 37.7 Å². The number of ether oxygens (including phenoxy) is 1. The number of benzene rings is 1. The second-order valence-corrected chi connectivity index (χ2v) is 6.15. The fourth-order valence-electron chi connectivity index (χ4n) is 3.76. The van der Waals surface area contributed by atoms with E-state index in [-0.39, 0.29) is 5.75 Å². The van der Waals surface area contributed by atoms with Gasteiger partial charge in [0.2, 0.25) is 0 Å². The molecule has 3 rings (SSSR count). The monoisotopic (exact) mass is 288 g/mol. The molecule has 1 aromatic carbocycles. The first-order chi connectivity index (χ1) is 10.2. The summed E-state index contributed by atoms with van der Waals surface area (Å²) in [6.07, 6.45) is 6.01. The first-order valence-corrected chi connectivity index (χ1v) is 7.84. The molecule has 1 aliphatic heterocycles. The van der Waals surface area contributed by atoms with Gasteiger partial charge in [-0.1, -0.05) is 18.9 Å². The summed E-state index contributed by atoms with van der Waals surface area (Å²) in [4.78, 5) is 0. The van der Waals surface area contributed by atoms with Crippen LogP contribution in [0.5, 0.6) is 11.5 Å². The largest absolute Gasteiger partial charge is 0.508 e. The molecule has 1 aromatic rings. The molecule has 21 heavy (non-hydrogen) atoms. The number of phenolic OH excluding ortho intramolecular Hbond substituents is 1. The van der Waals surface area contributed by atoms with E-state index in [1.807, 2.05) is 13.1 Å². The number of aromatic hydroxyl groups is 1. The third-order valence-corrected chi connectivity index (χ3v) is 4.80. The maximum atomic E-state index is 9.67. The molecule has 0 bridgehead atoms. The third-order valence-electron chi connectivity index (χ3n) is 4.80. The number of nitrogens with zero attached hydrogens (tertiary/aromatic N) is 2. The summed E-state index contributed by atoms with van der Waals surface area (Å²) in [6.45, 7) is 1.03. The number of phenols is 1. The molecule has 4 nitrogen and oxygen atoms in total. The minimum Gasteiger partial charge on any atom is -0.508 e. The minimum absolute atomic E-state index is 0.265. The van der Waals surface area contributed by atoms with Gasteiger partial charge < -0.3 is 9.84 Å². The lowest BCUT2D eigenvalue weighted by molar-refractivity contribution is 0.352. The summed E-state index contributed by atoms with van der Waals surface area (Å²) < 4.78 is 5.50. The maximum Gasteiger partial charge on any atom is 0.126 e. The Morgan fingerprint density at radius 1 is 1.24 bits per heavy atom. The zero-order valence-electron chi connectivity index (χ0n) is 12.9. The van der Waals surface area contributed by atoms with Gasteiger partial charge in [-0.3, -0.25) is 5.01 Å². The predicted molar refractivity (Wildman–Crippen MR) is 84.0 cm³/mol. The molecule has 114 valence electrons. The lowest BCUT2D eigenvalue weighted by Gasteiger charge is -2.32. The van der Waals surface area contributed by atoms with Gasteiger partial charge in [0.1, 0.15) is 11.5 Å². The smallest absolute Gasteiger partial charge is 0.126 e. The van der Waals surface area contributed by atoms with Crippen molar-refractivity contribution >= 4 is 5.71 Å². The Morgan fingerprint density at radius 2 is 2.00 bits per heavy atom. The molecule has 0 amide bonds. The Morgan fingerprint density at radius 3 is 2.67 bits per heavy atom. The Hall–Kier alpha value is -1.71. The zero-order valence-corrected chi connectivity index (χ0v) is 12.9. The third kappa shape index (κ3) is 2.85. The summed E-state index contributed by atoms with van der Waals surface area (Å²) in [5, 5.41) is 16.4. The van der Waals surface area contributed by atoms with Crippen LogP contribution in [-0.2, 0) is 0 Å². The standard InChI is InChI=1S/C17H24N2O2/c1-19-10-9-16(18-19)14-6-4-3-5-13(14)15-8-7-12(20)11-17(15)21-2/h7-8,11,13-14,20H,3-6,9-10H2,1-2H3. The topological polar surface area (TPSA) is 45.1 Å². The van der Waals surface area contributed by atoms with E-state index in [0.717, 1.165) is 18.7 Å². The molecular formula is C17H24N2O2. The average molecular weight is 288 g/mol. The van der Waals surface area contributed by atoms with E-state index in [0.29, 0.717) is 11.8 Å². The molecule has 1 fully saturated rings. The van der Waals surface area contributed by atoms with Crippen LogP contribution in [-0.4, -0.2) is 36.5 Å². The van der Waals surface area contributed by atoms with Crippen molar-refractivity contribution in [3.8, 4) is 11.5 Å². The summed E-state index contributed by atoms with van der Waals surface area (Å²) >= 11 is 0. The second kappa shape index (κ2) is 5.96. The molecule has 0 aromatic heterocycles. The summed E-state index contributed by atoms with van der Waals surface area (Å²) in [7, 11) is 3.73. The Kier molecular flexibility index (Phi) is 4.04. The van der Waals surface area contributed by atoms with Crippen molar-refractivity contribution in [1.82, 2.24) is 5.01 Å². The normalized spacial score (nSPS) is 25.8. The fraction of sp³-hybridized carbons (Fsp3) is 0.588. The van der Waals surface area contributed by atoms with E-state index in [1.54, 1.807) is 19.2 Å². The molecule has 0 saturated heterocycles. The zero-order chi connectivity index (χ0) is 14.8. The quantitative estimate of drug-likeness (QED) is 0.927. The van der Waals surface area contributed by atoms with Gasteiger partial charge in [0.15, 0.2) is 0 Å². The van der Waals surface area contributed by atoms with Crippen LogP contribution in [0.1, 0.15) is 43.6 Å². The van der Waals surface area contributed by atoms with Gasteiger partial charge in [-0.25, -0.2) is 0 Å². The molecule has 4 heteroatoms. The van der Waals surface area contributed by atoms with Crippen molar-refractivity contribution < 1.29 is 9.84 Å². The highest BCUT2D eigenvalue weighted by atomic mass is 16.5. The van der Waals surface area contributed by atoms with Crippen LogP contribution in [0.3, 0.4) is 0 Å². The van der Waals surface area contributed by atoms with Gasteiger partial charge in [-0.2, -0.15) is 5.10 Å². The highest BCUT2D eigenvalue weighted by molar-refractivity contribution is 5.89. The predicted octanol–water partition coefficient (Wildman–Crippen LogP) is 3.37. The number of rotatable bonds is 3. The van der Waals surface area contributed by atoms with Crippen molar-refractivity contribution in [2.75, 3.05) is 20.7 Å². The second-order valence-electron chi connectivity index (χ2n) is 6.15. The summed E-state index contributed by atoms with van der Waals surface area (Å²) in [6, 6.07) is 5.52. The van der Waals surface area contributed by atoms with Crippen molar-refractivity contribution in [2.45, 2.75) is 38.0 Å². The van der Waals surface area contributed by atoms with Crippen LogP contribution >= 0.6 is 0 Å². The van der Waals surface area contributed by atoms with Crippen LogP contribution in [0, 0.1) is 5.92 Å². The number of hydrogen-bond acceptors (Lipinski definition) is 4. The number of methoxy groups -OCH3 is 1. The van der Waals surface area contributed by atoms with Gasteiger partial charge in [0.25, 0.3) is 0 Å². The van der Waals surface area contributed by atoms with Gasteiger partial charge >= 0.3 is 0 Å². The van der Waals surface area contributed by atoms with Crippen molar-refractivity contribution in [2.24, 2.45) is 11.0 Å². The minimum atomic E-state index is 0.265. The molecule has 0 radical (unpaired) electrons. The molecule has 2 atom stereocenters. The van der Waals surface area contributed by atoms with Crippen LogP contribution in [0.15, 0.2) is 23.3 Å². The molecular weight excluding hydrogens is 264 g/mol. The Balaban J connectivity index is 1.93. The summed E-state index contributed by atoms with van der Waals surface area (Å²) in [5.74, 6) is 2.04. The number of hydrazone groups is 1. The Labute approximate surface area is 126 Å². The molecule has 1 aliphatic carbocycles. The molecule has 1 saturated carbocycles. The van der Waals surface area contributed by atoms with Gasteiger partial charge in [-0.15, -0.1) is 0 Å². The van der Waals surface area contributed by atoms with E-state index in [1.165, 1.54) is 37.0 Å². The lowest BCUT2D eigenvalue weighted by atomic mass is 9.72. The highest BCUT2D eigenvalue weighted by Crippen LogP contribution is 2.44. The lowest BCUT2D eigenvalue weighted by Crippen LogP contribution is -2.25. The highest BCUT2D eigenvalue weighted by Gasteiger charge is 2.33. The molecule has 2 aliphatic rings. The van der Waals surface area contributed by atoms with E-state index in [9.17, 15) is 5.11 Å². The molecule has 1 N–H and O–H groups in total. The first kappa shape index (κ1) is 14.2. The van der Waals surface area contributed by atoms with E-state index in [2.05, 4.69) is 5.01 Å². The van der Waals surface area contributed by atoms with Crippen LogP contribution in [0.2, 0.25) is 0 Å². The van der Waals surface area contributed by atoms with Crippen molar-refractivity contribution in [3.63, 3.8) is 0 Å². The maximum absolute atomic E-state index is 9.67. The van der Waals surface area contributed by atoms with E-state index >= 15 is 0 Å². The van der Waals surface area contributed by atoms with Crippen LogP contribution in [0.25, 0.3) is 0 Å². The van der Waals surface area contributed by atoms with E-state index < -0.39 is 0 Å². The molecule has 1 heterocycles. The van der Waals surface area contributed by atoms with Crippen molar-refractivity contribution in [3.05, 3.63) is 23.8 Å². The SMILES string of the molecule is COc1cc(O)ccc1C1CCCCC1C1=NN(C)CC1. The van der Waals surface area contributed by atoms with Crippen molar-refractivity contribution in [1.29, 1.82) is 0 Å². The van der Waals surface area contributed by atoms with E-state index in [4.69, 9.17) is 9.84 Å². The van der Waals surface area contributed by atoms with Crippen LogP contribution in [0.4, 0.5) is 0 Å². The Bertz CT molecular complexity index is 542. The summed E-state index contributed by atoms with van der Waals surface area (Å²) in [5.41, 5.74) is 2.56. The van der Waals surface area contributed by atoms with Gasteiger partial charge in [-0.05, 0) is 30.4 Å².